The predicted octanol–water partition coefficient (Wildman–Crippen LogP) is 3.81. The molecular weight excluding hydrogens is 306 g/mol. The fourth-order valence-electron chi connectivity index (χ4n) is 5.77. The van der Waals surface area contributed by atoms with Gasteiger partial charge >= 0.3 is 0 Å². The normalized spacial score (nSPS) is 34.3. The number of ether oxygens (including phenoxy) is 1. The van der Waals surface area contributed by atoms with E-state index in [1.54, 1.807) is 6.07 Å². The van der Waals surface area contributed by atoms with E-state index in [0.29, 0.717) is 29.3 Å². The quantitative estimate of drug-likeness (QED) is 0.835. The van der Waals surface area contributed by atoms with Gasteiger partial charge in [0.25, 0.3) is 0 Å². The fraction of sp³-hybridized carbons (Fsp3) is 0.632. The van der Waals surface area contributed by atoms with Gasteiger partial charge < -0.3 is 15.2 Å². The minimum Gasteiger partial charge on any atom is -0.733 e. The third kappa shape index (κ3) is 2.04. The fourth-order valence-corrected chi connectivity index (χ4v) is 5.77. The average molecular weight is 330 g/mol. The van der Waals surface area contributed by atoms with Crippen LogP contribution in [0, 0.1) is 22.5 Å². The largest absolute Gasteiger partial charge is 0.733 e. The molecule has 5 heteroatoms. The second-order valence-electron chi connectivity index (χ2n) is 7.79. The van der Waals surface area contributed by atoms with Crippen molar-refractivity contribution < 1.29 is 14.7 Å². The second kappa shape index (κ2) is 5.46. The molecule has 0 aromatic heterocycles. The van der Waals surface area contributed by atoms with Gasteiger partial charge in [-0.1, -0.05) is 13.0 Å². The van der Waals surface area contributed by atoms with Crippen molar-refractivity contribution in [2.75, 3.05) is 12.3 Å². The van der Waals surface area contributed by atoms with Crippen molar-refractivity contribution in [1.29, 1.82) is 0 Å². The lowest BCUT2D eigenvalue weighted by Crippen LogP contribution is -2.42. The van der Waals surface area contributed by atoms with E-state index in [4.69, 9.17) is 4.74 Å². The van der Waals surface area contributed by atoms with Crippen LogP contribution >= 0.6 is 0 Å². The Morgan fingerprint density at radius 1 is 1.29 bits per heavy atom. The number of fused-ring (bicyclic) bond motifs is 5. The lowest BCUT2D eigenvalue weighted by Gasteiger charge is -2.48. The third-order valence-electron chi connectivity index (χ3n) is 6.97. The number of hydrogen-bond donors (Lipinski definition) is 1. The van der Waals surface area contributed by atoms with Crippen LogP contribution in [0.3, 0.4) is 0 Å². The molecule has 4 rings (SSSR count). The van der Waals surface area contributed by atoms with Crippen molar-refractivity contribution in [3.63, 3.8) is 0 Å². The zero-order chi connectivity index (χ0) is 17.1. The Hall–Kier alpha value is -1.59. The number of benzene rings is 1. The molecule has 3 aliphatic rings. The number of methoxy groups -OCH3 is 1. The first-order valence-corrected chi connectivity index (χ1v) is 8.86. The van der Waals surface area contributed by atoms with E-state index in [9.17, 15) is 15.2 Å². The van der Waals surface area contributed by atoms with E-state index >= 15 is 0 Å². The van der Waals surface area contributed by atoms with Gasteiger partial charge in [0.05, 0.1) is 12.8 Å². The third-order valence-corrected chi connectivity index (χ3v) is 6.97. The maximum Gasteiger partial charge on any atom is 0.143 e. The van der Waals surface area contributed by atoms with Gasteiger partial charge in [0.2, 0.25) is 0 Å². The molecule has 2 saturated carbocycles. The molecule has 0 unspecified atom stereocenters. The monoisotopic (exact) mass is 330 g/mol. The van der Waals surface area contributed by atoms with E-state index in [2.05, 4.69) is 13.0 Å². The van der Waals surface area contributed by atoms with Crippen LogP contribution in [0.1, 0.15) is 56.1 Å². The van der Waals surface area contributed by atoms with Crippen LogP contribution in [-0.4, -0.2) is 18.1 Å². The second-order valence-corrected chi connectivity index (χ2v) is 7.79. The summed E-state index contributed by atoms with van der Waals surface area (Å²) in [7, 11) is 1.51. The molecule has 0 radical (unpaired) electrons. The maximum atomic E-state index is 12.4. The molecule has 2 fully saturated rings. The zero-order valence-electron chi connectivity index (χ0n) is 14.2. The van der Waals surface area contributed by atoms with Crippen molar-refractivity contribution in [3.05, 3.63) is 28.5 Å². The Morgan fingerprint density at radius 2 is 2.08 bits per heavy atom. The average Bonchev–Trinajstić information content (AvgIpc) is 2.88. The van der Waals surface area contributed by atoms with Gasteiger partial charge in [-0.05, 0) is 67.1 Å². The van der Waals surface area contributed by atoms with Crippen molar-refractivity contribution in [1.82, 2.24) is 0 Å². The summed E-state index contributed by atoms with van der Waals surface area (Å²) in [6.45, 7) is 2.16. The van der Waals surface area contributed by atoms with E-state index in [1.807, 2.05) is 0 Å². The summed E-state index contributed by atoms with van der Waals surface area (Å²) in [4.78, 5) is 12.4. The molecule has 5 nitrogen and oxygen atoms in total. The predicted molar refractivity (Wildman–Crippen MR) is 90.3 cm³/mol. The molecule has 24 heavy (non-hydrogen) atoms. The smallest absolute Gasteiger partial charge is 0.143 e. The van der Waals surface area contributed by atoms with Crippen molar-refractivity contribution in [2.45, 2.75) is 51.4 Å². The Bertz CT molecular complexity index is 686. The molecule has 0 spiro atoms. The number of carbonyl (C=O) groups is 1. The summed E-state index contributed by atoms with van der Waals surface area (Å²) in [6, 6.07) is 3.84. The highest BCUT2D eigenvalue weighted by atomic mass is 16.8. The van der Waals surface area contributed by atoms with E-state index in [1.165, 1.54) is 12.7 Å². The van der Waals surface area contributed by atoms with E-state index in [-0.39, 0.29) is 16.3 Å². The van der Waals surface area contributed by atoms with Crippen LogP contribution in [0.5, 0.6) is 5.75 Å². The van der Waals surface area contributed by atoms with Gasteiger partial charge in [-0.2, -0.15) is 0 Å². The Balaban J connectivity index is 1.76. The summed E-state index contributed by atoms with van der Waals surface area (Å²) < 4.78 is 5.26. The molecule has 130 valence electrons. The number of anilines is 1. The summed E-state index contributed by atoms with van der Waals surface area (Å²) in [5, 5.41) is 21.2. The topological polar surface area (TPSA) is 72.8 Å². The summed E-state index contributed by atoms with van der Waals surface area (Å²) in [5.41, 5.74) is 2.19. The zero-order valence-corrected chi connectivity index (χ0v) is 14.2. The van der Waals surface area contributed by atoms with Gasteiger partial charge in [0, 0.05) is 11.8 Å². The van der Waals surface area contributed by atoms with Gasteiger partial charge in [-0.3, -0.25) is 10.0 Å². The SMILES string of the molecule is COc1ccc2c(c1N([O-])O)CC[C@@H]1[C@@H]2CC[C@]2(C)C(=O)CC[C@@H]12. The molecular formula is C19H24NO4-. The highest BCUT2D eigenvalue weighted by molar-refractivity contribution is 5.87. The molecule has 0 amide bonds. The molecule has 0 bridgehead atoms. The molecule has 3 aliphatic carbocycles. The lowest BCUT2D eigenvalue weighted by atomic mass is 9.55. The Morgan fingerprint density at radius 3 is 2.79 bits per heavy atom. The molecule has 0 saturated heterocycles. The van der Waals surface area contributed by atoms with Gasteiger partial charge in [0.1, 0.15) is 11.5 Å². The minimum absolute atomic E-state index is 0.0516. The van der Waals surface area contributed by atoms with E-state index < -0.39 is 0 Å². The van der Waals surface area contributed by atoms with Gasteiger partial charge in [0.15, 0.2) is 0 Å². The van der Waals surface area contributed by atoms with Crippen LogP contribution in [0.25, 0.3) is 0 Å². The first-order chi connectivity index (χ1) is 11.5. The van der Waals surface area contributed by atoms with Crippen LogP contribution in [0.4, 0.5) is 5.69 Å². The highest BCUT2D eigenvalue weighted by Gasteiger charge is 2.54. The minimum atomic E-state index is -0.143. The molecule has 1 aromatic rings. The molecule has 1 N–H and O–H groups in total. The molecule has 4 atom stereocenters. The number of hydrogen-bond acceptors (Lipinski definition) is 5. The summed E-state index contributed by atoms with van der Waals surface area (Å²) >= 11 is 0. The van der Waals surface area contributed by atoms with Crippen molar-refractivity contribution >= 4 is 11.5 Å². The van der Waals surface area contributed by atoms with Crippen LogP contribution in [0.15, 0.2) is 12.1 Å². The summed E-state index contributed by atoms with van der Waals surface area (Å²) in [5.74, 6) is 2.19. The van der Waals surface area contributed by atoms with Gasteiger partial charge in [-0.25, -0.2) is 0 Å². The number of Topliss-reactive ketones (excluding diaryl/α,β-unsaturated/α-hetero) is 1. The van der Waals surface area contributed by atoms with Crippen LogP contribution < -0.4 is 9.96 Å². The lowest BCUT2D eigenvalue weighted by molar-refractivity contribution is -0.129. The number of ketones is 1. The Labute approximate surface area is 142 Å². The molecule has 1 aromatic carbocycles. The number of rotatable bonds is 2. The first-order valence-electron chi connectivity index (χ1n) is 8.86. The first kappa shape index (κ1) is 15.9. The molecule has 0 aliphatic heterocycles. The molecule has 0 heterocycles. The van der Waals surface area contributed by atoms with Crippen LogP contribution in [-0.2, 0) is 11.2 Å². The van der Waals surface area contributed by atoms with Crippen LogP contribution in [0.2, 0.25) is 0 Å². The maximum absolute atomic E-state index is 12.4. The van der Waals surface area contributed by atoms with Gasteiger partial charge in [-0.15, -0.1) is 0 Å². The number of carbonyl (C=O) groups excluding carboxylic acids is 1. The van der Waals surface area contributed by atoms with E-state index in [0.717, 1.165) is 44.1 Å². The standard InChI is InChI=1S/C19H24NO4/c1-19-10-9-12-11-5-7-16(24-2)18(20(22)23)14(11)4-3-13(12)15(19)6-8-17(19)21/h5,7,12-13,15,22H,3-4,6,8-10H2,1-2H3/q-1/t12-,13-,15+,19+/m1/s1. The van der Waals surface area contributed by atoms with Crippen molar-refractivity contribution in [2.24, 2.45) is 17.3 Å². The summed E-state index contributed by atoms with van der Waals surface area (Å²) in [6.07, 6.45) is 5.35. The Kier molecular flexibility index (Phi) is 3.62. The number of nitrogens with zero attached hydrogens (tertiary/aromatic N) is 1. The van der Waals surface area contributed by atoms with Crippen molar-refractivity contribution in [3.8, 4) is 5.75 Å². The highest BCUT2D eigenvalue weighted by Crippen LogP contribution is 2.60.